The highest BCUT2D eigenvalue weighted by molar-refractivity contribution is 5.87. The van der Waals surface area contributed by atoms with Crippen molar-refractivity contribution in [3.63, 3.8) is 0 Å². The molecule has 0 spiro atoms. The molecule has 0 aliphatic heterocycles. The van der Waals surface area contributed by atoms with E-state index in [0.29, 0.717) is 5.69 Å². The van der Waals surface area contributed by atoms with Crippen LogP contribution in [0.4, 0.5) is 10.5 Å². The van der Waals surface area contributed by atoms with Crippen molar-refractivity contribution in [2.75, 3.05) is 5.32 Å². The van der Waals surface area contributed by atoms with Crippen LogP contribution < -0.4 is 16.4 Å². The maximum atomic E-state index is 10.8. The van der Waals surface area contributed by atoms with Gasteiger partial charge in [-0.1, -0.05) is 12.1 Å². The molecule has 1 aromatic heterocycles. The van der Waals surface area contributed by atoms with Crippen LogP contribution in [0.1, 0.15) is 37.1 Å². The van der Waals surface area contributed by atoms with E-state index in [1.807, 2.05) is 36.4 Å². The van der Waals surface area contributed by atoms with Gasteiger partial charge in [-0.2, -0.15) is 0 Å². The molecule has 0 aliphatic rings. The van der Waals surface area contributed by atoms with Gasteiger partial charge in [-0.05, 0) is 49.2 Å². The molecule has 1 heterocycles. The lowest BCUT2D eigenvalue weighted by atomic mass is 10.0. The summed E-state index contributed by atoms with van der Waals surface area (Å²) in [5.41, 5.74) is 8.12. The normalized spacial score (nSPS) is 13.4. The van der Waals surface area contributed by atoms with Crippen LogP contribution in [-0.2, 0) is 0 Å². The highest BCUT2D eigenvalue weighted by Crippen LogP contribution is 2.20. The van der Waals surface area contributed by atoms with Gasteiger partial charge >= 0.3 is 6.03 Å². The van der Waals surface area contributed by atoms with Crippen LogP contribution in [0.25, 0.3) is 0 Å². The maximum Gasteiger partial charge on any atom is 0.316 e. The number of amides is 2. The Hall–Kier alpha value is -2.40. The van der Waals surface area contributed by atoms with Crippen LogP contribution >= 0.6 is 0 Å². The Morgan fingerprint density at radius 1 is 1.00 bits per heavy atom. The molecule has 0 saturated carbocycles. The van der Waals surface area contributed by atoms with Gasteiger partial charge in [-0.3, -0.25) is 4.98 Å². The molecule has 0 radical (unpaired) electrons. The largest absolute Gasteiger partial charge is 0.351 e. The van der Waals surface area contributed by atoms with Gasteiger partial charge in [0.15, 0.2) is 0 Å². The van der Waals surface area contributed by atoms with Crippen LogP contribution in [-0.4, -0.2) is 11.0 Å². The molecule has 5 nitrogen and oxygen atoms in total. The number of nitrogens with zero attached hydrogens (tertiary/aromatic N) is 1. The topological polar surface area (TPSA) is 80.0 Å². The third kappa shape index (κ3) is 4.29. The van der Waals surface area contributed by atoms with E-state index in [1.165, 1.54) is 5.56 Å². The monoisotopic (exact) mass is 284 g/mol. The molecule has 5 heteroatoms. The first kappa shape index (κ1) is 15.0. The standard InChI is InChI=1S/C16H20N4O/c1-11(19-12(2)14-7-9-18-10-8-14)13-3-5-15(6-4-13)20-16(17)21/h3-12,19H,1-2H3,(H3,17,20,21). The van der Waals surface area contributed by atoms with Crippen LogP contribution in [0.5, 0.6) is 0 Å². The summed E-state index contributed by atoms with van der Waals surface area (Å²) in [4.78, 5) is 14.8. The van der Waals surface area contributed by atoms with E-state index in [2.05, 4.69) is 29.5 Å². The number of urea groups is 1. The molecule has 21 heavy (non-hydrogen) atoms. The van der Waals surface area contributed by atoms with Crippen molar-refractivity contribution in [1.82, 2.24) is 10.3 Å². The summed E-state index contributed by atoms with van der Waals surface area (Å²) in [6, 6.07) is 11.5. The second-order valence-electron chi connectivity index (χ2n) is 5.00. The fourth-order valence-electron chi connectivity index (χ4n) is 2.22. The first-order chi connectivity index (χ1) is 10.1. The SMILES string of the molecule is CC(NC(C)c1ccc(NC(N)=O)cc1)c1ccncc1. The molecule has 2 amide bonds. The highest BCUT2D eigenvalue weighted by Gasteiger charge is 2.11. The summed E-state index contributed by atoms with van der Waals surface area (Å²) in [5, 5.41) is 6.08. The van der Waals surface area contributed by atoms with E-state index in [9.17, 15) is 4.79 Å². The minimum absolute atomic E-state index is 0.191. The van der Waals surface area contributed by atoms with Crippen LogP contribution in [0.2, 0.25) is 0 Å². The van der Waals surface area contributed by atoms with Crippen molar-refractivity contribution < 1.29 is 4.79 Å². The van der Waals surface area contributed by atoms with Crippen LogP contribution in [0.15, 0.2) is 48.8 Å². The predicted molar refractivity (Wildman–Crippen MR) is 83.9 cm³/mol. The summed E-state index contributed by atoms with van der Waals surface area (Å²) in [6.45, 7) is 4.23. The second kappa shape index (κ2) is 6.85. The van der Waals surface area contributed by atoms with Crippen molar-refractivity contribution in [1.29, 1.82) is 0 Å². The first-order valence-electron chi connectivity index (χ1n) is 6.88. The number of primary amides is 1. The fraction of sp³-hybridized carbons (Fsp3) is 0.250. The molecule has 0 bridgehead atoms. The number of hydrogen-bond acceptors (Lipinski definition) is 3. The molecule has 0 aliphatic carbocycles. The Morgan fingerprint density at radius 3 is 2.05 bits per heavy atom. The number of aromatic nitrogens is 1. The van der Waals surface area contributed by atoms with E-state index in [0.717, 1.165) is 5.56 Å². The van der Waals surface area contributed by atoms with Crippen LogP contribution in [0.3, 0.4) is 0 Å². The molecule has 0 saturated heterocycles. The molecule has 2 atom stereocenters. The van der Waals surface area contributed by atoms with Crippen LogP contribution in [0, 0.1) is 0 Å². The van der Waals surface area contributed by atoms with E-state index >= 15 is 0 Å². The van der Waals surface area contributed by atoms with Crippen molar-refractivity contribution in [2.24, 2.45) is 5.73 Å². The van der Waals surface area contributed by atoms with Crippen molar-refractivity contribution in [3.8, 4) is 0 Å². The zero-order chi connectivity index (χ0) is 15.2. The van der Waals surface area contributed by atoms with Gasteiger partial charge in [-0.15, -0.1) is 0 Å². The first-order valence-corrected chi connectivity index (χ1v) is 6.88. The molecule has 110 valence electrons. The van der Waals surface area contributed by atoms with E-state index < -0.39 is 6.03 Å². The lowest BCUT2D eigenvalue weighted by molar-refractivity contribution is 0.259. The Balaban J connectivity index is 2.00. The van der Waals surface area contributed by atoms with E-state index in [-0.39, 0.29) is 12.1 Å². The second-order valence-corrected chi connectivity index (χ2v) is 5.00. The number of benzene rings is 1. The molecule has 0 fully saturated rings. The minimum atomic E-state index is -0.555. The minimum Gasteiger partial charge on any atom is -0.351 e. The van der Waals surface area contributed by atoms with Gasteiger partial charge in [0.05, 0.1) is 0 Å². The Kier molecular flexibility index (Phi) is 4.90. The molecular formula is C16H20N4O. The third-order valence-corrected chi connectivity index (χ3v) is 3.38. The average Bonchev–Trinajstić information content (AvgIpc) is 2.48. The van der Waals surface area contributed by atoms with Gasteiger partial charge in [-0.25, -0.2) is 4.79 Å². The number of pyridine rings is 1. The number of hydrogen-bond donors (Lipinski definition) is 3. The number of nitrogens with two attached hydrogens (primary N) is 1. The summed E-state index contributed by atoms with van der Waals surface area (Å²) in [5.74, 6) is 0. The molecule has 4 N–H and O–H groups in total. The zero-order valence-electron chi connectivity index (χ0n) is 12.2. The summed E-state index contributed by atoms with van der Waals surface area (Å²) < 4.78 is 0. The third-order valence-electron chi connectivity index (χ3n) is 3.38. The summed E-state index contributed by atoms with van der Waals surface area (Å²) >= 11 is 0. The van der Waals surface area contributed by atoms with Crippen molar-refractivity contribution in [3.05, 3.63) is 59.9 Å². The Bertz CT molecular complexity index is 583. The quantitative estimate of drug-likeness (QED) is 0.789. The molecular weight excluding hydrogens is 264 g/mol. The van der Waals surface area contributed by atoms with Gasteiger partial charge in [0.1, 0.15) is 0 Å². The highest BCUT2D eigenvalue weighted by atomic mass is 16.2. The lowest BCUT2D eigenvalue weighted by Crippen LogP contribution is -2.22. The van der Waals surface area contributed by atoms with E-state index in [1.54, 1.807) is 12.4 Å². The van der Waals surface area contributed by atoms with Gasteiger partial charge in [0.2, 0.25) is 0 Å². The average molecular weight is 284 g/mol. The van der Waals surface area contributed by atoms with Gasteiger partial charge in [0.25, 0.3) is 0 Å². The van der Waals surface area contributed by atoms with Gasteiger partial charge in [0, 0.05) is 30.2 Å². The van der Waals surface area contributed by atoms with E-state index in [4.69, 9.17) is 5.73 Å². The number of rotatable bonds is 5. The zero-order valence-corrected chi connectivity index (χ0v) is 12.2. The van der Waals surface area contributed by atoms with Gasteiger partial charge < -0.3 is 16.4 Å². The molecule has 1 aromatic carbocycles. The number of anilines is 1. The maximum absolute atomic E-state index is 10.8. The van der Waals surface area contributed by atoms with Crippen molar-refractivity contribution >= 4 is 11.7 Å². The fourth-order valence-corrected chi connectivity index (χ4v) is 2.22. The summed E-state index contributed by atoms with van der Waals surface area (Å²) in [6.07, 6.45) is 3.59. The lowest BCUT2D eigenvalue weighted by Gasteiger charge is -2.21. The van der Waals surface area contributed by atoms with Crippen molar-refractivity contribution in [2.45, 2.75) is 25.9 Å². The smallest absolute Gasteiger partial charge is 0.316 e. The number of nitrogens with one attached hydrogen (secondary N) is 2. The Labute approximate surface area is 124 Å². The predicted octanol–water partition coefficient (Wildman–Crippen LogP) is 2.98. The molecule has 2 unspecified atom stereocenters. The Morgan fingerprint density at radius 2 is 1.52 bits per heavy atom. The number of carbonyl (C=O) groups excluding carboxylic acids is 1. The molecule has 2 rings (SSSR count). The summed E-state index contributed by atoms with van der Waals surface area (Å²) in [7, 11) is 0. The number of carbonyl (C=O) groups is 1. The molecule has 2 aromatic rings.